The van der Waals surface area contributed by atoms with Gasteiger partial charge in [-0.3, -0.25) is 4.98 Å². The maximum atomic E-state index is 12.0. The van der Waals surface area contributed by atoms with Crippen LogP contribution in [-0.4, -0.2) is 25.8 Å². The molecule has 0 saturated carbocycles. The maximum absolute atomic E-state index is 12.0. The third-order valence-corrected chi connectivity index (χ3v) is 4.87. The standard InChI is InChI=1S/C17H17ClN6OS/c1-24-15(10-20-16(25)21-14-6-4-13(18)5-7-14)22-23-17(24)26-11-12-3-2-8-19-9-12/h2-9H,10-11H2,1H3,(H2,20,21,25). The van der Waals surface area contributed by atoms with Crippen LogP contribution in [0.1, 0.15) is 11.4 Å². The molecule has 7 nitrogen and oxygen atoms in total. The molecule has 3 rings (SSSR count). The van der Waals surface area contributed by atoms with Crippen molar-refractivity contribution in [2.45, 2.75) is 17.5 Å². The van der Waals surface area contributed by atoms with Gasteiger partial charge in [-0.05, 0) is 35.9 Å². The van der Waals surface area contributed by atoms with Crippen molar-refractivity contribution in [1.29, 1.82) is 0 Å². The van der Waals surface area contributed by atoms with E-state index in [0.29, 0.717) is 16.5 Å². The first-order chi connectivity index (χ1) is 12.6. The van der Waals surface area contributed by atoms with Crippen LogP contribution in [-0.2, 0) is 19.3 Å². The van der Waals surface area contributed by atoms with Crippen molar-refractivity contribution in [2.75, 3.05) is 5.32 Å². The minimum absolute atomic E-state index is 0.274. The summed E-state index contributed by atoms with van der Waals surface area (Å²) in [6.07, 6.45) is 3.57. The molecule has 0 aliphatic heterocycles. The van der Waals surface area contributed by atoms with Crippen molar-refractivity contribution < 1.29 is 4.79 Å². The van der Waals surface area contributed by atoms with Crippen LogP contribution in [0.25, 0.3) is 0 Å². The smallest absolute Gasteiger partial charge is 0.319 e. The Balaban J connectivity index is 1.51. The van der Waals surface area contributed by atoms with Crippen LogP contribution < -0.4 is 10.6 Å². The summed E-state index contributed by atoms with van der Waals surface area (Å²) >= 11 is 7.39. The SMILES string of the molecule is Cn1c(CNC(=O)Nc2ccc(Cl)cc2)nnc1SCc1cccnc1. The number of carbonyl (C=O) groups excluding carboxylic acids is 1. The average molecular weight is 389 g/mol. The van der Waals surface area contributed by atoms with Gasteiger partial charge in [-0.1, -0.05) is 29.4 Å². The molecule has 1 aromatic carbocycles. The molecule has 2 amide bonds. The molecule has 134 valence electrons. The number of aromatic nitrogens is 4. The Labute approximate surface area is 160 Å². The minimum atomic E-state index is -0.320. The lowest BCUT2D eigenvalue weighted by Crippen LogP contribution is -2.29. The molecule has 3 aromatic rings. The molecule has 0 saturated heterocycles. The first-order valence-corrected chi connectivity index (χ1v) is 9.18. The molecule has 0 aliphatic rings. The summed E-state index contributed by atoms with van der Waals surface area (Å²) in [5.41, 5.74) is 1.78. The molecule has 0 bridgehead atoms. The van der Waals surface area contributed by atoms with Gasteiger partial charge in [0, 0.05) is 35.9 Å². The molecule has 9 heteroatoms. The van der Waals surface area contributed by atoms with E-state index in [1.165, 1.54) is 0 Å². The predicted octanol–water partition coefficient (Wildman–Crippen LogP) is 3.48. The number of hydrogen-bond acceptors (Lipinski definition) is 5. The number of thioether (sulfide) groups is 1. The zero-order valence-electron chi connectivity index (χ0n) is 14.0. The molecule has 0 fully saturated rings. The molecular formula is C17H17ClN6OS. The minimum Gasteiger partial charge on any atom is -0.331 e. The number of halogens is 1. The van der Waals surface area contributed by atoms with Gasteiger partial charge in [0.05, 0.1) is 6.54 Å². The normalized spacial score (nSPS) is 10.5. The Morgan fingerprint density at radius 3 is 2.77 bits per heavy atom. The van der Waals surface area contributed by atoms with Crippen LogP contribution in [0.2, 0.25) is 5.02 Å². The first-order valence-electron chi connectivity index (χ1n) is 7.82. The van der Waals surface area contributed by atoms with Gasteiger partial charge in [-0.2, -0.15) is 0 Å². The lowest BCUT2D eigenvalue weighted by atomic mass is 10.3. The number of nitrogens with one attached hydrogen (secondary N) is 2. The largest absolute Gasteiger partial charge is 0.331 e. The number of amides is 2. The second-order valence-corrected chi connectivity index (χ2v) is 6.80. The van der Waals surface area contributed by atoms with Crippen molar-refractivity contribution in [3.05, 3.63) is 65.2 Å². The van der Waals surface area contributed by atoms with Gasteiger partial charge in [0.25, 0.3) is 0 Å². The third kappa shape index (κ3) is 4.96. The Bertz CT molecular complexity index is 869. The van der Waals surface area contributed by atoms with Gasteiger partial charge in [0.15, 0.2) is 11.0 Å². The van der Waals surface area contributed by atoms with Gasteiger partial charge < -0.3 is 15.2 Å². The van der Waals surface area contributed by atoms with E-state index in [4.69, 9.17) is 11.6 Å². The second kappa shape index (κ2) is 8.68. The molecule has 0 radical (unpaired) electrons. The molecule has 2 heterocycles. The lowest BCUT2D eigenvalue weighted by Gasteiger charge is -2.08. The number of rotatable bonds is 6. The number of hydrogen-bond donors (Lipinski definition) is 2. The summed E-state index contributed by atoms with van der Waals surface area (Å²) < 4.78 is 1.86. The fourth-order valence-corrected chi connectivity index (χ4v) is 3.11. The van der Waals surface area contributed by atoms with Crippen LogP contribution in [0, 0.1) is 0 Å². The van der Waals surface area contributed by atoms with Crippen LogP contribution >= 0.6 is 23.4 Å². The highest BCUT2D eigenvalue weighted by Crippen LogP contribution is 2.20. The number of benzene rings is 1. The molecular weight excluding hydrogens is 372 g/mol. The fraction of sp³-hybridized carbons (Fsp3) is 0.176. The van der Waals surface area contributed by atoms with E-state index in [0.717, 1.165) is 16.5 Å². The highest BCUT2D eigenvalue weighted by Gasteiger charge is 2.11. The van der Waals surface area contributed by atoms with Gasteiger partial charge in [0.1, 0.15) is 0 Å². The van der Waals surface area contributed by atoms with E-state index in [1.54, 1.807) is 42.2 Å². The molecule has 0 atom stereocenters. The van der Waals surface area contributed by atoms with E-state index in [9.17, 15) is 4.79 Å². The number of anilines is 1. The number of urea groups is 1. The molecule has 0 unspecified atom stereocenters. The van der Waals surface area contributed by atoms with E-state index in [-0.39, 0.29) is 12.6 Å². The van der Waals surface area contributed by atoms with Crippen LogP contribution in [0.5, 0.6) is 0 Å². The zero-order valence-corrected chi connectivity index (χ0v) is 15.6. The van der Waals surface area contributed by atoms with Crippen molar-refractivity contribution in [1.82, 2.24) is 25.1 Å². The Kier molecular flexibility index (Phi) is 6.08. The average Bonchev–Trinajstić information content (AvgIpc) is 3.01. The number of carbonyl (C=O) groups is 1. The van der Waals surface area contributed by atoms with Crippen molar-refractivity contribution in [3.8, 4) is 0 Å². The Morgan fingerprint density at radius 1 is 1.23 bits per heavy atom. The van der Waals surface area contributed by atoms with Crippen molar-refractivity contribution in [3.63, 3.8) is 0 Å². The molecule has 2 N–H and O–H groups in total. The van der Waals surface area contributed by atoms with Crippen LogP contribution in [0.4, 0.5) is 10.5 Å². The summed E-state index contributed by atoms with van der Waals surface area (Å²) in [7, 11) is 1.87. The van der Waals surface area contributed by atoms with Crippen molar-refractivity contribution in [2.24, 2.45) is 7.05 Å². The zero-order chi connectivity index (χ0) is 18.4. The summed E-state index contributed by atoms with van der Waals surface area (Å²) in [5.74, 6) is 1.43. The monoisotopic (exact) mass is 388 g/mol. The molecule has 0 aliphatic carbocycles. The first kappa shape index (κ1) is 18.2. The summed E-state index contributed by atoms with van der Waals surface area (Å²) in [5, 5.41) is 15.2. The topological polar surface area (TPSA) is 84.7 Å². The van der Waals surface area contributed by atoms with E-state index in [1.807, 2.05) is 29.9 Å². The number of nitrogens with zero attached hydrogens (tertiary/aromatic N) is 4. The highest BCUT2D eigenvalue weighted by molar-refractivity contribution is 7.98. The van der Waals surface area contributed by atoms with Crippen LogP contribution in [0.3, 0.4) is 0 Å². The van der Waals surface area contributed by atoms with Gasteiger partial charge in [-0.25, -0.2) is 4.79 Å². The van der Waals surface area contributed by atoms with Crippen molar-refractivity contribution >= 4 is 35.1 Å². The maximum Gasteiger partial charge on any atom is 0.319 e. The van der Waals surface area contributed by atoms with E-state index >= 15 is 0 Å². The summed E-state index contributed by atoms with van der Waals surface area (Å²) in [4.78, 5) is 16.1. The summed E-state index contributed by atoms with van der Waals surface area (Å²) in [6.45, 7) is 0.274. The third-order valence-electron chi connectivity index (χ3n) is 3.52. The lowest BCUT2D eigenvalue weighted by molar-refractivity contribution is 0.251. The van der Waals surface area contributed by atoms with Gasteiger partial charge in [-0.15, -0.1) is 10.2 Å². The van der Waals surface area contributed by atoms with Gasteiger partial charge in [0.2, 0.25) is 0 Å². The Hall–Kier alpha value is -2.58. The summed E-state index contributed by atoms with van der Waals surface area (Å²) in [6, 6.07) is 10.5. The Morgan fingerprint density at radius 2 is 2.04 bits per heavy atom. The predicted molar refractivity (Wildman–Crippen MR) is 102 cm³/mol. The fourth-order valence-electron chi connectivity index (χ4n) is 2.12. The molecule has 26 heavy (non-hydrogen) atoms. The second-order valence-electron chi connectivity index (χ2n) is 5.42. The van der Waals surface area contributed by atoms with E-state index in [2.05, 4.69) is 25.8 Å². The van der Waals surface area contributed by atoms with Crippen LogP contribution in [0.15, 0.2) is 53.9 Å². The molecule has 0 spiro atoms. The highest BCUT2D eigenvalue weighted by atomic mass is 35.5. The van der Waals surface area contributed by atoms with E-state index < -0.39 is 0 Å². The van der Waals surface area contributed by atoms with Gasteiger partial charge >= 0.3 is 6.03 Å². The quantitative estimate of drug-likeness (QED) is 0.631. The number of pyridine rings is 1. The molecule has 2 aromatic heterocycles.